The number of amides is 1. The monoisotopic (exact) mass is 296 g/mol. The van der Waals surface area contributed by atoms with E-state index in [9.17, 15) is 4.79 Å². The predicted molar refractivity (Wildman–Crippen MR) is 85.3 cm³/mol. The third-order valence-corrected chi connectivity index (χ3v) is 4.93. The van der Waals surface area contributed by atoms with Crippen molar-refractivity contribution in [2.24, 2.45) is 5.92 Å². The van der Waals surface area contributed by atoms with Crippen molar-refractivity contribution in [2.75, 3.05) is 26.2 Å². The van der Waals surface area contributed by atoms with Gasteiger partial charge in [-0.05, 0) is 52.5 Å². The molecule has 1 atom stereocenters. The Morgan fingerprint density at radius 3 is 2.38 bits per heavy atom. The van der Waals surface area contributed by atoms with Crippen molar-refractivity contribution < 1.29 is 9.53 Å². The van der Waals surface area contributed by atoms with Gasteiger partial charge in [-0.1, -0.05) is 13.8 Å². The van der Waals surface area contributed by atoms with Crippen molar-refractivity contribution in [3.63, 3.8) is 0 Å². The zero-order valence-corrected chi connectivity index (χ0v) is 14.4. The summed E-state index contributed by atoms with van der Waals surface area (Å²) in [5, 5.41) is 0. The van der Waals surface area contributed by atoms with E-state index in [2.05, 4.69) is 32.6 Å². The molecule has 4 heteroatoms. The maximum Gasteiger partial charge on any atom is 0.251 e. The highest BCUT2D eigenvalue weighted by Crippen LogP contribution is 2.33. The Morgan fingerprint density at radius 1 is 1.24 bits per heavy atom. The van der Waals surface area contributed by atoms with E-state index in [4.69, 9.17) is 4.74 Å². The lowest BCUT2D eigenvalue weighted by atomic mass is 9.87. The molecule has 0 radical (unpaired) electrons. The summed E-state index contributed by atoms with van der Waals surface area (Å²) in [7, 11) is 0. The zero-order chi connectivity index (χ0) is 15.6. The Labute approximate surface area is 129 Å². The van der Waals surface area contributed by atoms with Crippen molar-refractivity contribution in [1.82, 2.24) is 9.80 Å². The molecule has 2 aliphatic rings. The maximum absolute atomic E-state index is 12.2. The van der Waals surface area contributed by atoms with Crippen LogP contribution in [0.3, 0.4) is 0 Å². The first-order chi connectivity index (χ1) is 9.83. The van der Waals surface area contributed by atoms with Crippen LogP contribution in [0.2, 0.25) is 0 Å². The van der Waals surface area contributed by atoms with Crippen molar-refractivity contribution in [3.05, 3.63) is 0 Å². The number of nitrogens with zero attached hydrogens (tertiary/aromatic N) is 2. The van der Waals surface area contributed by atoms with E-state index in [1.54, 1.807) is 0 Å². The van der Waals surface area contributed by atoms with E-state index < -0.39 is 0 Å². The largest absolute Gasteiger partial charge is 0.360 e. The van der Waals surface area contributed by atoms with Gasteiger partial charge in [-0.2, -0.15) is 0 Å². The van der Waals surface area contributed by atoms with Gasteiger partial charge in [-0.3, -0.25) is 4.79 Å². The van der Waals surface area contributed by atoms with Crippen LogP contribution >= 0.6 is 0 Å². The number of rotatable bonds is 4. The van der Waals surface area contributed by atoms with Crippen LogP contribution in [0.1, 0.15) is 53.9 Å². The van der Waals surface area contributed by atoms with Crippen LogP contribution in [0.4, 0.5) is 0 Å². The molecule has 21 heavy (non-hydrogen) atoms. The number of ether oxygens (including phenoxy) is 1. The molecule has 122 valence electrons. The molecule has 2 rings (SSSR count). The molecule has 2 saturated heterocycles. The molecule has 4 nitrogen and oxygen atoms in total. The average Bonchev–Trinajstić information content (AvgIpc) is 2.42. The molecule has 2 heterocycles. The lowest BCUT2D eigenvalue weighted by molar-refractivity contribution is -0.192. The average molecular weight is 296 g/mol. The summed E-state index contributed by atoms with van der Waals surface area (Å²) in [6, 6.07) is 0.264. The Morgan fingerprint density at radius 2 is 1.86 bits per heavy atom. The summed E-state index contributed by atoms with van der Waals surface area (Å²) in [4.78, 5) is 16.8. The molecule has 0 saturated carbocycles. The van der Waals surface area contributed by atoms with Gasteiger partial charge >= 0.3 is 0 Å². The van der Waals surface area contributed by atoms with Crippen LogP contribution in [0.5, 0.6) is 0 Å². The Balaban J connectivity index is 1.94. The van der Waals surface area contributed by atoms with Crippen LogP contribution in [-0.4, -0.2) is 59.6 Å². The highest BCUT2D eigenvalue weighted by Gasteiger charge is 2.45. The van der Waals surface area contributed by atoms with E-state index in [0.717, 1.165) is 38.4 Å². The van der Waals surface area contributed by atoms with Crippen LogP contribution in [0, 0.1) is 5.92 Å². The molecular weight excluding hydrogens is 264 g/mol. The number of likely N-dealkylation sites (tertiary alicyclic amines) is 1. The topological polar surface area (TPSA) is 32.8 Å². The summed E-state index contributed by atoms with van der Waals surface area (Å²) in [5.41, 5.74) is -0.105. The molecule has 0 N–H and O–H groups in total. The number of carbonyl (C=O) groups is 1. The fourth-order valence-corrected chi connectivity index (χ4v) is 3.42. The third kappa shape index (κ3) is 3.98. The van der Waals surface area contributed by atoms with Crippen molar-refractivity contribution in [2.45, 2.75) is 71.6 Å². The minimum Gasteiger partial charge on any atom is -0.360 e. The van der Waals surface area contributed by atoms with Gasteiger partial charge in [0, 0.05) is 19.1 Å². The quantitative estimate of drug-likeness (QED) is 0.799. The Kier molecular flexibility index (Phi) is 5.31. The van der Waals surface area contributed by atoms with Crippen LogP contribution in [0.15, 0.2) is 0 Å². The third-order valence-electron chi connectivity index (χ3n) is 4.93. The molecule has 1 amide bonds. The van der Waals surface area contributed by atoms with E-state index in [1.807, 2.05) is 11.8 Å². The normalized spacial score (nSPS) is 27.1. The number of piperidine rings is 1. The standard InChI is InChI=1S/C17H32N2O2/c1-13(2)6-9-18-10-7-17(8-11-18)12-19(14(3)4)16(20)15(5)21-17/h13-15H,6-12H2,1-5H3/t15-/m0/s1. The maximum atomic E-state index is 12.2. The summed E-state index contributed by atoms with van der Waals surface area (Å²) in [6.07, 6.45) is 3.07. The van der Waals surface area contributed by atoms with Crippen molar-refractivity contribution >= 4 is 5.91 Å². The van der Waals surface area contributed by atoms with Crippen LogP contribution in [0.25, 0.3) is 0 Å². The van der Waals surface area contributed by atoms with E-state index >= 15 is 0 Å². The second-order valence-corrected chi connectivity index (χ2v) is 7.53. The molecule has 2 fully saturated rings. The smallest absolute Gasteiger partial charge is 0.251 e. The van der Waals surface area contributed by atoms with Crippen molar-refractivity contribution in [1.29, 1.82) is 0 Å². The Hall–Kier alpha value is -0.610. The number of hydrogen-bond acceptors (Lipinski definition) is 3. The summed E-state index contributed by atoms with van der Waals surface area (Å²) in [6.45, 7) is 14.8. The summed E-state index contributed by atoms with van der Waals surface area (Å²) in [5.74, 6) is 0.916. The molecular formula is C17H32N2O2. The van der Waals surface area contributed by atoms with Gasteiger partial charge in [0.15, 0.2) is 0 Å². The molecule has 0 aromatic rings. The van der Waals surface area contributed by atoms with Gasteiger partial charge in [0.2, 0.25) is 0 Å². The minimum absolute atomic E-state index is 0.105. The van der Waals surface area contributed by atoms with Gasteiger partial charge < -0.3 is 14.5 Å². The second-order valence-electron chi connectivity index (χ2n) is 7.53. The first-order valence-corrected chi connectivity index (χ1v) is 8.54. The van der Waals surface area contributed by atoms with Gasteiger partial charge in [0.05, 0.1) is 12.1 Å². The SMILES string of the molecule is CC(C)CCN1CCC2(CC1)CN(C(C)C)C(=O)[C@H](C)O2. The van der Waals surface area contributed by atoms with Gasteiger partial charge in [0.25, 0.3) is 5.91 Å². The fourth-order valence-electron chi connectivity index (χ4n) is 3.42. The molecule has 2 aliphatic heterocycles. The molecule has 0 aliphatic carbocycles. The highest BCUT2D eigenvalue weighted by atomic mass is 16.5. The Bertz CT molecular complexity index is 360. The molecule has 0 aromatic carbocycles. The molecule has 0 aromatic heterocycles. The van der Waals surface area contributed by atoms with Gasteiger partial charge in [0.1, 0.15) is 6.10 Å². The van der Waals surface area contributed by atoms with E-state index in [0.29, 0.717) is 0 Å². The van der Waals surface area contributed by atoms with Gasteiger partial charge in [-0.15, -0.1) is 0 Å². The predicted octanol–water partition coefficient (Wildman–Crippen LogP) is 2.52. The molecule has 1 spiro atoms. The number of hydrogen-bond donors (Lipinski definition) is 0. The van der Waals surface area contributed by atoms with Crippen LogP contribution in [-0.2, 0) is 9.53 Å². The lowest BCUT2D eigenvalue weighted by Gasteiger charge is -2.50. The lowest BCUT2D eigenvalue weighted by Crippen LogP contribution is -2.62. The van der Waals surface area contributed by atoms with Crippen molar-refractivity contribution in [3.8, 4) is 0 Å². The molecule has 0 bridgehead atoms. The summed E-state index contributed by atoms with van der Waals surface area (Å²) >= 11 is 0. The van der Waals surface area contributed by atoms with E-state index in [-0.39, 0.29) is 23.7 Å². The number of morpholine rings is 1. The second kappa shape index (κ2) is 6.66. The first kappa shape index (κ1) is 16.8. The summed E-state index contributed by atoms with van der Waals surface area (Å²) < 4.78 is 6.16. The fraction of sp³-hybridized carbons (Fsp3) is 0.941. The first-order valence-electron chi connectivity index (χ1n) is 8.54. The van der Waals surface area contributed by atoms with Gasteiger partial charge in [-0.25, -0.2) is 0 Å². The van der Waals surface area contributed by atoms with Crippen LogP contribution < -0.4 is 0 Å². The number of carbonyl (C=O) groups excluding carboxylic acids is 1. The van der Waals surface area contributed by atoms with E-state index in [1.165, 1.54) is 13.0 Å². The highest BCUT2D eigenvalue weighted by molar-refractivity contribution is 5.81. The molecule has 0 unspecified atom stereocenters. The zero-order valence-electron chi connectivity index (χ0n) is 14.4. The minimum atomic E-state index is -0.289.